The van der Waals surface area contributed by atoms with Crippen LogP contribution in [0.25, 0.3) is 0 Å². The molecular weight excluding hydrogens is 228 g/mol. The van der Waals surface area contributed by atoms with Crippen LogP contribution in [0.3, 0.4) is 0 Å². The zero-order valence-corrected chi connectivity index (χ0v) is 11.4. The normalized spacial score (nSPS) is 20.2. The van der Waals surface area contributed by atoms with E-state index < -0.39 is 5.60 Å². The molecule has 0 aromatic carbocycles. The quantitative estimate of drug-likeness (QED) is 0.845. The average molecular weight is 252 g/mol. The first-order valence-electron chi connectivity index (χ1n) is 6.92. The van der Waals surface area contributed by atoms with Crippen LogP contribution in [0.5, 0.6) is 0 Å². The van der Waals surface area contributed by atoms with E-state index in [9.17, 15) is 5.11 Å². The second-order valence-corrected chi connectivity index (χ2v) is 5.41. The molecule has 2 rings (SSSR count). The standard InChI is InChI=1S/C14H24N2O2/c1-3-14(17,11-18-2)10-12-8-9-16(15-12)13-6-4-5-7-13/h8-9,13,17H,3-7,10-11H2,1-2H3. The van der Waals surface area contributed by atoms with Gasteiger partial charge in [-0.1, -0.05) is 19.8 Å². The lowest BCUT2D eigenvalue weighted by atomic mass is 9.96. The van der Waals surface area contributed by atoms with E-state index in [2.05, 4.69) is 9.78 Å². The SMILES string of the molecule is CCC(O)(COC)Cc1ccn(C2CCCC2)n1. The fourth-order valence-corrected chi connectivity index (χ4v) is 2.73. The molecule has 1 atom stereocenters. The van der Waals surface area contributed by atoms with Crippen molar-refractivity contribution in [3.05, 3.63) is 18.0 Å². The van der Waals surface area contributed by atoms with Crippen LogP contribution in [0, 0.1) is 0 Å². The van der Waals surface area contributed by atoms with Crippen LogP contribution < -0.4 is 0 Å². The lowest BCUT2D eigenvalue weighted by Crippen LogP contribution is -2.36. The molecule has 0 spiro atoms. The van der Waals surface area contributed by atoms with Gasteiger partial charge in [-0.15, -0.1) is 0 Å². The molecule has 1 aliphatic rings. The zero-order chi connectivity index (χ0) is 13.0. The highest BCUT2D eigenvalue weighted by Gasteiger charge is 2.27. The summed E-state index contributed by atoms with van der Waals surface area (Å²) in [5.74, 6) is 0. The molecule has 102 valence electrons. The van der Waals surface area contributed by atoms with Gasteiger partial charge in [0.2, 0.25) is 0 Å². The number of rotatable bonds is 6. The first-order chi connectivity index (χ1) is 8.67. The molecule has 0 radical (unpaired) electrons. The molecule has 1 unspecified atom stereocenters. The van der Waals surface area contributed by atoms with E-state index in [0.717, 1.165) is 5.69 Å². The zero-order valence-electron chi connectivity index (χ0n) is 11.4. The Morgan fingerprint density at radius 3 is 2.83 bits per heavy atom. The number of hydrogen-bond donors (Lipinski definition) is 1. The van der Waals surface area contributed by atoms with E-state index in [1.54, 1.807) is 7.11 Å². The van der Waals surface area contributed by atoms with Crippen molar-refractivity contribution in [2.45, 2.75) is 57.1 Å². The third-order valence-corrected chi connectivity index (χ3v) is 3.94. The number of hydrogen-bond acceptors (Lipinski definition) is 3. The maximum absolute atomic E-state index is 10.4. The van der Waals surface area contributed by atoms with Gasteiger partial charge in [0.1, 0.15) is 0 Å². The first kappa shape index (κ1) is 13.6. The van der Waals surface area contributed by atoms with Crippen LogP contribution in [0.4, 0.5) is 0 Å². The van der Waals surface area contributed by atoms with Gasteiger partial charge < -0.3 is 9.84 Å². The molecule has 1 aromatic rings. The van der Waals surface area contributed by atoms with E-state index in [1.165, 1.54) is 25.7 Å². The van der Waals surface area contributed by atoms with Gasteiger partial charge in [-0.2, -0.15) is 5.10 Å². The van der Waals surface area contributed by atoms with Crippen LogP contribution >= 0.6 is 0 Å². The molecule has 0 saturated heterocycles. The molecule has 4 heteroatoms. The molecule has 1 saturated carbocycles. The Bertz CT molecular complexity index is 372. The highest BCUT2D eigenvalue weighted by atomic mass is 16.5. The van der Waals surface area contributed by atoms with Crippen molar-refractivity contribution in [1.82, 2.24) is 9.78 Å². The third-order valence-electron chi connectivity index (χ3n) is 3.94. The summed E-state index contributed by atoms with van der Waals surface area (Å²) in [4.78, 5) is 0. The maximum atomic E-state index is 10.4. The van der Waals surface area contributed by atoms with Crippen molar-refractivity contribution < 1.29 is 9.84 Å². The monoisotopic (exact) mass is 252 g/mol. The van der Waals surface area contributed by atoms with Crippen LogP contribution in [-0.4, -0.2) is 34.2 Å². The van der Waals surface area contributed by atoms with Crippen LogP contribution in [0.1, 0.15) is 50.8 Å². The lowest BCUT2D eigenvalue weighted by Gasteiger charge is -2.24. The Balaban J connectivity index is 2.00. The number of aromatic nitrogens is 2. The molecule has 4 nitrogen and oxygen atoms in total. The second kappa shape index (κ2) is 5.85. The minimum atomic E-state index is -0.788. The predicted octanol–water partition coefficient (Wildman–Crippen LogP) is 2.33. The summed E-state index contributed by atoms with van der Waals surface area (Å²) in [6.07, 6.45) is 8.38. The minimum Gasteiger partial charge on any atom is -0.387 e. The van der Waals surface area contributed by atoms with Crippen molar-refractivity contribution in [2.24, 2.45) is 0 Å². The number of methoxy groups -OCH3 is 1. The summed E-state index contributed by atoms with van der Waals surface area (Å²) in [7, 11) is 1.62. The fraction of sp³-hybridized carbons (Fsp3) is 0.786. The van der Waals surface area contributed by atoms with Gasteiger partial charge in [0.05, 0.1) is 23.9 Å². The molecule has 18 heavy (non-hydrogen) atoms. The molecular formula is C14H24N2O2. The number of ether oxygens (including phenoxy) is 1. The Morgan fingerprint density at radius 2 is 2.22 bits per heavy atom. The molecule has 1 aliphatic carbocycles. The van der Waals surface area contributed by atoms with Crippen molar-refractivity contribution in [3.63, 3.8) is 0 Å². The highest BCUT2D eigenvalue weighted by molar-refractivity contribution is 5.05. The molecule has 0 aliphatic heterocycles. The minimum absolute atomic E-state index is 0.361. The summed E-state index contributed by atoms with van der Waals surface area (Å²) in [5.41, 5.74) is 0.173. The molecule has 1 heterocycles. The van der Waals surface area contributed by atoms with E-state index in [-0.39, 0.29) is 0 Å². The van der Waals surface area contributed by atoms with Crippen LogP contribution in [0.2, 0.25) is 0 Å². The van der Waals surface area contributed by atoms with Crippen molar-refractivity contribution in [3.8, 4) is 0 Å². The summed E-state index contributed by atoms with van der Waals surface area (Å²) < 4.78 is 7.17. The van der Waals surface area contributed by atoms with E-state index >= 15 is 0 Å². The largest absolute Gasteiger partial charge is 0.387 e. The Hall–Kier alpha value is -0.870. The Morgan fingerprint density at radius 1 is 1.50 bits per heavy atom. The summed E-state index contributed by atoms with van der Waals surface area (Å²) in [6.45, 7) is 2.34. The second-order valence-electron chi connectivity index (χ2n) is 5.41. The third kappa shape index (κ3) is 3.12. The van der Waals surface area contributed by atoms with Gasteiger partial charge >= 0.3 is 0 Å². The van der Waals surface area contributed by atoms with Crippen molar-refractivity contribution in [1.29, 1.82) is 0 Å². The predicted molar refractivity (Wildman–Crippen MR) is 70.6 cm³/mol. The average Bonchev–Trinajstić information content (AvgIpc) is 2.99. The summed E-state index contributed by atoms with van der Waals surface area (Å²) in [6, 6.07) is 2.59. The molecule has 0 bridgehead atoms. The first-order valence-corrected chi connectivity index (χ1v) is 6.92. The summed E-state index contributed by atoms with van der Waals surface area (Å²) in [5, 5.41) is 15.0. The number of nitrogens with zero attached hydrogens (tertiary/aromatic N) is 2. The maximum Gasteiger partial charge on any atom is 0.0933 e. The van der Waals surface area contributed by atoms with Crippen molar-refractivity contribution in [2.75, 3.05) is 13.7 Å². The highest BCUT2D eigenvalue weighted by Crippen LogP contribution is 2.29. The molecule has 1 fully saturated rings. The fourth-order valence-electron chi connectivity index (χ4n) is 2.73. The van der Waals surface area contributed by atoms with Crippen LogP contribution in [0.15, 0.2) is 12.3 Å². The van der Waals surface area contributed by atoms with E-state index in [4.69, 9.17) is 4.74 Å². The molecule has 1 aromatic heterocycles. The topological polar surface area (TPSA) is 47.3 Å². The van der Waals surface area contributed by atoms with Gasteiger partial charge in [-0.3, -0.25) is 4.68 Å². The van der Waals surface area contributed by atoms with Crippen molar-refractivity contribution >= 4 is 0 Å². The van der Waals surface area contributed by atoms with E-state index in [0.29, 0.717) is 25.5 Å². The summed E-state index contributed by atoms with van der Waals surface area (Å²) >= 11 is 0. The lowest BCUT2D eigenvalue weighted by molar-refractivity contribution is -0.0340. The molecule has 0 amide bonds. The Kier molecular flexibility index (Phi) is 4.40. The van der Waals surface area contributed by atoms with Gasteiger partial charge in [-0.25, -0.2) is 0 Å². The number of aliphatic hydroxyl groups is 1. The van der Waals surface area contributed by atoms with Gasteiger partial charge in [0, 0.05) is 19.7 Å². The molecule has 1 N–H and O–H groups in total. The Labute approximate surface area is 109 Å². The van der Waals surface area contributed by atoms with Gasteiger partial charge in [0.25, 0.3) is 0 Å². The smallest absolute Gasteiger partial charge is 0.0933 e. The van der Waals surface area contributed by atoms with E-state index in [1.807, 2.05) is 19.2 Å². The van der Waals surface area contributed by atoms with Crippen LogP contribution in [-0.2, 0) is 11.2 Å². The van der Waals surface area contributed by atoms with Gasteiger partial charge in [-0.05, 0) is 25.3 Å². The van der Waals surface area contributed by atoms with Gasteiger partial charge in [0.15, 0.2) is 0 Å².